The van der Waals surface area contributed by atoms with E-state index in [1.165, 1.54) is 0 Å². The van der Waals surface area contributed by atoms with Crippen molar-refractivity contribution in [1.29, 1.82) is 0 Å². The van der Waals surface area contributed by atoms with Crippen LogP contribution in [0.15, 0.2) is 48.7 Å². The van der Waals surface area contributed by atoms with E-state index in [-0.39, 0.29) is 29.5 Å². The zero-order valence-corrected chi connectivity index (χ0v) is 18.3. The maximum atomic E-state index is 13.1. The van der Waals surface area contributed by atoms with Gasteiger partial charge in [-0.3, -0.25) is 9.78 Å². The number of nitrogens with one attached hydrogen (secondary N) is 2. The molecule has 1 heterocycles. The Morgan fingerprint density at radius 1 is 0.909 bits per heavy atom. The molecule has 170 valence electrons. The molecule has 2 aromatic carbocycles. The van der Waals surface area contributed by atoms with Gasteiger partial charge in [-0.2, -0.15) is 0 Å². The summed E-state index contributed by atoms with van der Waals surface area (Å²) < 4.78 is 0. The van der Waals surface area contributed by atoms with E-state index in [9.17, 15) is 19.8 Å². The van der Waals surface area contributed by atoms with E-state index in [0.29, 0.717) is 5.56 Å². The number of hydrogen-bond acceptors (Lipinski definition) is 5. The molecule has 2 fully saturated rings. The number of hydrogen-bond donors (Lipinski definition) is 4. The minimum Gasteiger partial charge on any atom is -0.508 e. The fourth-order valence-corrected chi connectivity index (χ4v) is 4.75. The highest BCUT2D eigenvalue weighted by molar-refractivity contribution is 6.10. The third kappa shape index (κ3) is 4.49. The van der Waals surface area contributed by atoms with Crippen molar-refractivity contribution in [3.05, 3.63) is 54.2 Å². The number of amides is 1. The van der Waals surface area contributed by atoms with Crippen LogP contribution in [-0.2, 0) is 0 Å². The van der Waals surface area contributed by atoms with Crippen molar-refractivity contribution >= 4 is 28.5 Å². The Balaban J connectivity index is 1.60. The average molecular weight is 446 g/mol. The molecule has 2 aliphatic carbocycles. The number of phenolic OH excluding ortho intramolecular Hbond substituents is 1. The molecule has 0 spiro atoms. The second kappa shape index (κ2) is 8.73. The number of pyridine rings is 1. The minimum atomic E-state index is -1.03. The lowest BCUT2D eigenvalue weighted by Crippen LogP contribution is -2.48. The highest BCUT2D eigenvalue weighted by Gasteiger charge is 2.34. The molecule has 2 saturated carbocycles. The number of anilines is 1. The van der Waals surface area contributed by atoms with E-state index in [2.05, 4.69) is 15.6 Å². The molecule has 2 atom stereocenters. The monoisotopic (exact) mass is 445 g/mol. The van der Waals surface area contributed by atoms with Gasteiger partial charge in [0.15, 0.2) is 5.78 Å². The van der Waals surface area contributed by atoms with Crippen LogP contribution in [0, 0.1) is 5.92 Å². The molecule has 2 unspecified atom stereocenters. The number of benzene rings is 2. The number of carboxylic acid groups (broad SMARTS) is 1. The molecule has 3 aromatic rings. The standard InChI is InChI=1S/C26H27N3O4/c30-18-10-7-15(8-11-18)17-9-12-21-19(13-17)24(20(14-27-21)25(31)16-5-6-16)28-22-3-1-2-4-23(22)29-26(32)33/h7-14,16,22-23,29-30H,1-6H2,(H,27,28)(H,32,33). The van der Waals surface area contributed by atoms with Gasteiger partial charge < -0.3 is 20.8 Å². The number of carbonyl (C=O) groups excluding carboxylic acids is 1. The number of ketones is 1. The number of aromatic nitrogens is 1. The van der Waals surface area contributed by atoms with E-state index < -0.39 is 6.09 Å². The topological polar surface area (TPSA) is 112 Å². The molecule has 1 amide bonds. The van der Waals surface area contributed by atoms with Crippen molar-refractivity contribution in [2.45, 2.75) is 50.6 Å². The molecule has 0 saturated heterocycles. The van der Waals surface area contributed by atoms with Crippen molar-refractivity contribution in [3.63, 3.8) is 0 Å². The molecule has 4 N–H and O–H groups in total. The predicted molar refractivity (Wildman–Crippen MR) is 127 cm³/mol. The van der Waals surface area contributed by atoms with Gasteiger partial charge >= 0.3 is 6.09 Å². The summed E-state index contributed by atoms with van der Waals surface area (Å²) in [5.41, 5.74) is 3.98. The molecule has 33 heavy (non-hydrogen) atoms. The van der Waals surface area contributed by atoms with Gasteiger partial charge in [-0.15, -0.1) is 0 Å². The Morgan fingerprint density at radius 3 is 2.30 bits per heavy atom. The second-order valence-electron chi connectivity index (χ2n) is 9.06. The normalized spacial score (nSPS) is 20.4. The number of rotatable bonds is 6. The Labute approximate surface area is 191 Å². The van der Waals surface area contributed by atoms with E-state index in [1.807, 2.05) is 30.3 Å². The van der Waals surface area contributed by atoms with Gasteiger partial charge in [-0.1, -0.05) is 31.0 Å². The number of Topliss-reactive ketones (excluding diaryl/α,β-unsaturated/α-hetero) is 1. The first-order valence-electron chi connectivity index (χ1n) is 11.5. The van der Waals surface area contributed by atoms with Crippen LogP contribution >= 0.6 is 0 Å². The average Bonchev–Trinajstić information content (AvgIpc) is 3.65. The molecule has 5 rings (SSSR count). The SMILES string of the molecule is O=C(O)NC1CCCCC1Nc1c(C(=O)C2CC2)cnc2ccc(-c3ccc(O)cc3)cc12. The van der Waals surface area contributed by atoms with Crippen LogP contribution in [0.3, 0.4) is 0 Å². The second-order valence-corrected chi connectivity index (χ2v) is 9.06. The summed E-state index contributed by atoms with van der Waals surface area (Å²) in [6, 6.07) is 12.6. The summed E-state index contributed by atoms with van der Waals surface area (Å²) in [5, 5.41) is 26.0. The van der Waals surface area contributed by atoms with Gasteiger partial charge in [0.05, 0.1) is 22.8 Å². The number of carbonyl (C=O) groups is 2. The molecule has 7 nitrogen and oxygen atoms in total. The smallest absolute Gasteiger partial charge is 0.404 e. The molecule has 2 aliphatic rings. The Morgan fingerprint density at radius 2 is 1.61 bits per heavy atom. The maximum absolute atomic E-state index is 13.1. The number of phenols is 1. The lowest BCUT2D eigenvalue weighted by atomic mass is 9.89. The lowest BCUT2D eigenvalue weighted by Gasteiger charge is -2.33. The molecule has 7 heteroatoms. The van der Waals surface area contributed by atoms with E-state index in [1.54, 1.807) is 18.3 Å². The van der Waals surface area contributed by atoms with Gasteiger partial charge in [0, 0.05) is 23.5 Å². The van der Waals surface area contributed by atoms with Gasteiger partial charge in [0.25, 0.3) is 0 Å². The minimum absolute atomic E-state index is 0.0457. The van der Waals surface area contributed by atoms with Gasteiger partial charge in [-0.05, 0) is 61.1 Å². The van der Waals surface area contributed by atoms with Crippen LogP contribution in [-0.4, -0.2) is 39.2 Å². The summed E-state index contributed by atoms with van der Waals surface area (Å²) >= 11 is 0. The summed E-state index contributed by atoms with van der Waals surface area (Å²) in [6.45, 7) is 0. The Hall–Kier alpha value is -3.61. The molecule has 0 bridgehead atoms. The van der Waals surface area contributed by atoms with Crippen LogP contribution in [0.5, 0.6) is 5.75 Å². The fourth-order valence-electron chi connectivity index (χ4n) is 4.75. The van der Waals surface area contributed by atoms with Gasteiger partial charge in [-0.25, -0.2) is 4.79 Å². The van der Waals surface area contributed by atoms with E-state index >= 15 is 0 Å². The first kappa shape index (κ1) is 21.2. The summed E-state index contributed by atoms with van der Waals surface area (Å²) in [7, 11) is 0. The quantitative estimate of drug-likeness (QED) is 0.389. The molecule has 0 aliphatic heterocycles. The van der Waals surface area contributed by atoms with Crippen LogP contribution in [0.25, 0.3) is 22.0 Å². The molecule has 0 radical (unpaired) electrons. The molecular weight excluding hydrogens is 418 g/mol. The lowest BCUT2D eigenvalue weighted by molar-refractivity contribution is 0.0968. The van der Waals surface area contributed by atoms with Crippen LogP contribution in [0.4, 0.5) is 10.5 Å². The zero-order valence-electron chi connectivity index (χ0n) is 18.3. The fraction of sp³-hybridized carbons (Fsp3) is 0.346. The Bertz CT molecular complexity index is 1200. The largest absolute Gasteiger partial charge is 0.508 e. The van der Waals surface area contributed by atoms with Crippen molar-refractivity contribution in [2.24, 2.45) is 5.92 Å². The van der Waals surface area contributed by atoms with Crippen molar-refractivity contribution in [2.75, 3.05) is 5.32 Å². The number of nitrogens with zero attached hydrogens (tertiary/aromatic N) is 1. The number of aromatic hydroxyl groups is 1. The summed E-state index contributed by atoms with van der Waals surface area (Å²) in [4.78, 5) is 29.1. The third-order valence-corrected chi connectivity index (χ3v) is 6.69. The van der Waals surface area contributed by atoms with Crippen molar-refractivity contribution < 1.29 is 19.8 Å². The summed E-state index contributed by atoms with van der Waals surface area (Å²) in [5.74, 6) is 0.347. The highest BCUT2D eigenvalue weighted by Crippen LogP contribution is 2.38. The highest BCUT2D eigenvalue weighted by atomic mass is 16.4. The van der Waals surface area contributed by atoms with Crippen LogP contribution in [0.1, 0.15) is 48.9 Å². The van der Waals surface area contributed by atoms with Gasteiger partial charge in [0.1, 0.15) is 5.75 Å². The van der Waals surface area contributed by atoms with Crippen molar-refractivity contribution in [1.82, 2.24) is 10.3 Å². The van der Waals surface area contributed by atoms with Crippen LogP contribution < -0.4 is 10.6 Å². The number of fused-ring (bicyclic) bond motifs is 1. The van der Waals surface area contributed by atoms with Crippen molar-refractivity contribution in [3.8, 4) is 16.9 Å². The van der Waals surface area contributed by atoms with Gasteiger partial charge in [0.2, 0.25) is 0 Å². The Kier molecular flexibility index (Phi) is 5.62. The van der Waals surface area contributed by atoms with E-state index in [4.69, 9.17) is 0 Å². The van der Waals surface area contributed by atoms with Crippen LogP contribution in [0.2, 0.25) is 0 Å². The molecule has 1 aromatic heterocycles. The first-order chi connectivity index (χ1) is 16.0. The van der Waals surface area contributed by atoms with E-state index in [0.717, 1.165) is 66.2 Å². The maximum Gasteiger partial charge on any atom is 0.404 e. The third-order valence-electron chi connectivity index (χ3n) is 6.69. The molecular formula is C26H27N3O4. The zero-order chi connectivity index (χ0) is 22.9. The first-order valence-corrected chi connectivity index (χ1v) is 11.5. The predicted octanol–water partition coefficient (Wildman–Crippen LogP) is 5.19. The summed E-state index contributed by atoms with van der Waals surface area (Å²) in [6.07, 6.45) is 5.99.